The monoisotopic (exact) mass is 333 g/mol. The average molecular weight is 334 g/mol. The largest absolute Gasteiger partial charge is 0.317 e. The third-order valence-electron chi connectivity index (χ3n) is 3.69. The summed E-state index contributed by atoms with van der Waals surface area (Å²) in [7, 11) is 0. The minimum atomic E-state index is 1.16. The lowest BCUT2D eigenvalue weighted by Crippen LogP contribution is -2.16. The highest BCUT2D eigenvalue weighted by molar-refractivity contribution is 9.09. The van der Waals surface area contributed by atoms with Gasteiger partial charge in [0, 0.05) is 5.33 Å². The molecule has 0 aliphatic carbocycles. The highest BCUT2D eigenvalue weighted by Gasteiger charge is 1.93. The van der Waals surface area contributed by atoms with Gasteiger partial charge in [0.1, 0.15) is 0 Å². The van der Waals surface area contributed by atoms with Crippen LogP contribution in [0.1, 0.15) is 90.4 Å². The van der Waals surface area contributed by atoms with E-state index in [-0.39, 0.29) is 0 Å². The summed E-state index contributed by atoms with van der Waals surface area (Å²) in [5, 5.41) is 4.71. The molecule has 0 saturated carbocycles. The van der Waals surface area contributed by atoms with Gasteiger partial charge < -0.3 is 5.32 Å². The second-order valence-corrected chi connectivity index (χ2v) is 6.47. The molecule has 0 saturated heterocycles. The van der Waals surface area contributed by atoms with Crippen molar-refractivity contribution in [1.29, 1.82) is 0 Å². The Hall–Kier alpha value is 0.440. The maximum absolute atomic E-state index is 3.55. The smallest absolute Gasteiger partial charge is 0.00313 e. The van der Waals surface area contributed by atoms with Gasteiger partial charge in [-0.3, -0.25) is 0 Å². The van der Waals surface area contributed by atoms with Crippen molar-refractivity contribution in [3.05, 3.63) is 0 Å². The standard InChI is InChI=1S/C17H36BrN/c1-2-3-4-5-6-7-8-9-10-13-16-19-17-14-11-12-15-18/h19H,2-17H2,1H3. The molecule has 0 amide bonds. The molecule has 0 aromatic rings. The highest BCUT2D eigenvalue weighted by atomic mass is 79.9. The summed E-state index contributed by atoms with van der Waals surface area (Å²) in [4.78, 5) is 0. The summed E-state index contributed by atoms with van der Waals surface area (Å²) in [6.07, 6.45) is 18.3. The van der Waals surface area contributed by atoms with E-state index in [1.807, 2.05) is 0 Å². The first-order valence-corrected chi connectivity index (χ1v) is 9.80. The first-order chi connectivity index (χ1) is 9.41. The Morgan fingerprint density at radius 3 is 1.47 bits per heavy atom. The van der Waals surface area contributed by atoms with Crippen LogP contribution in [-0.2, 0) is 0 Å². The van der Waals surface area contributed by atoms with Crippen molar-refractivity contribution in [1.82, 2.24) is 5.32 Å². The second kappa shape index (κ2) is 18.4. The molecule has 0 atom stereocenters. The van der Waals surface area contributed by atoms with Crippen molar-refractivity contribution < 1.29 is 0 Å². The van der Waals surface area contributed by atoms with Crippen LogP contribution in [-0.4, -0.2) is 18.4 Å². The number of hydrogen-bond acceptors (Lipinski definition) is 1. The molecule has 0 aromatic heterocycles. The van der Waals surface area contributed by atoms with E-state index in [0.29, 0.717) is 0 Å². The van der Waals surface area contributed by atoms with Gasteiger partial charge in [-0.2, -0.15) is 0 Å². The minimum absolute atomic E-state index is 1.16. The van der Waals surface area contributed by atoms with Crippen LogP contribution >= 0.6 is 15.9 Å². The van der Waals surface area contributed by atoms with Gasteiger partial charge in [-0.15, -0.1) is 0 Å². The Morgan fingerprint density at radius 1 is 0.579 bits per heavy atom. The topological polar surface area (TPSA) is 12.0 Å². The number of halogens is 1. The number of alkyl halides is 1. The summed E-state index contributed by atoms with van der Waals surface area (Å²) >= 11 is 3.47. The molecule has 1 nitrogen and oxygen atoms in total. The van der Waals surface area contributed by atoms with Gasteiger partial charge >= 0.3 is 0 Å². The van der Waals surface area contributed by atoms with E-state index in [4.69, 9.17) is 0 Å². The van der Waals surface area contributed by atoms with E-state index in [1.54, 1.807) is 0 Å². The van der Waals surface area contributed by atoms with Crippen molar-refractivity contribution in [3.8, 4) is 0 Å². The normalized spacial score (nSPS) is 11.1. The van der Waals surface area contributed by atoms with Gasteiger partial charge in [0.25, 0.3) is 0 Å². The average Bonchev–Trinajstić information content (AvgIpc) is 2.43. The molecule has 0 aliphatic heterocycles. The molecule has 0 radical (unpaired) electrons. The zero-order chi connectivity index (χ0) is 14.0. The van der Waals surface area contributed by atoms with Gasteiger partial charge in [-0.1, -0.05) is 87.1 Å². The van der Waals surface area contributed by atoms with Crippen molar-refractivity contribution in [2.75, 3.05) is 18.4 Å². The van der Waals surface area contributed by atoms with Crippen LogP contribution in [0.3, 0.4) is 0 Å². The van der Waals surface area contributed by atoms with E-state index in [2.05, 4.69) is 28.2 Å². The maximum atomic E-state index is 3.55. The van der Waals surface area contributed by atoms with Crippen molar-refractivity contribution in [3.63, 3.8) is 0 Å². The van der Waals surface area contributed by atoms with E-state index in [1.165, 1.54) is 96.6 Å². The van der Waals surface area contributed by atoms with Gasteiger partial charge in [-0.05, 0) is 32.4 Å². The van der Waals surface area contributed by atoms with Crippen LogP contribution < -0.4 is 5.32 Å². The molecule has 0 unspecified atom stereocenters. The van der Waals surface area contributed by atoms with Crippen LogP contribution in [0.4, 0.5) is 0 Å². The quantitative estimate of drug-likeness (QED) is 0.267. The SMILES string of the molecule is CCCCCCCCCCCCNCCCCCBr. The number of rotatable bonds is 16. The minimum Gasteiger partial charge on any atom is -0.317 e. The second-order valence-electron chi connectivity index (χ2n) is 5.68. The van der Waals surface area contributed by atoms with Crippen molar-refractivity contribution in [2.45, 2.75) is 90.4 Å². The number of hydrogen-bond donors (Lipinski definition) is 1. The Morgan fingerprint density at radius 2 is 1.00 bits per heavy atom. The third-order valence-corrected chi connectivity index (χ3v) is 4.26. The summed E-state index contributed by atoms with van der Waals surface area (Å²) in [6, 6.07) is 0. The fraction of sp³-hybridized carbons (Fsp3) is 1.00. The molecule has 0 fully saturated rings. The Bertz CT molecular complexity index is 134. The lowest BCUT2D eigenvalue weighted by atomic mass is 10.1. The Labute approximate surface area is 130 Å². The molecule has 0 spiro atoms. The highest BCUT2D eigenvalue weighted by Crippen LogP contribution is 2.10. The Balaban J connectivity index is 2.88. The molecule has 1 N–H and O–H groups in total. The van der Waals surface area contributed by atoms with Crippen molar-refractivity contribution >= 4 is 15.9 Å². The van der Waals surface area contributed by atoms with Crippen LogP contribution in [0.15, 0.2) is 0 Å². The summed E-state index contributed by atoms with van der Waals surface area (Å²) < 4.78 is 0. The summed E-state index contributed by atoms with van der Waals surface area (Å²) in [5.41, 5.74) is 0. The van der Waals surface area contributed by atoms with E-state index < -0.39 is 0 Å². The predicted molar refractivity (Wildman–Crippen MR) is 92.4 cm³/mol. The molecule has 19 heavy (non-hydrogen) atoms. The Kier molecular flexibility index (Phi) is 18.9. The molecule has 0 aromatic carbocycles. The number of nitrogens with one attached hydrogen (secondary N) is 1. The third kappa shape index (κ3) is 18.4. The maximum Gasteiger partial charge on any atom is 0.00313 e. The van der Waals surface area contributed by atoms with E-state index >= 15 is 0 Å². The molecule has 0 bridgehead atoms. The first kappa shape index (κ1) is 19.4. The van der Waals surface area contributed by atoms with Crippen molar-refractivity contribution in [2.24, 2.45) is 0 Å². The molecule has 0 aliphatic rings. The molecule has 0 heterocycles. The van der Waals surface area contributed by atoms with Crippen LogP contribution in [0.2, 0.25) is 0 Å². The molecule has 116 valence electrons. The zero-order valence-electron chi connectivity index (χ0n) is 13.2. The van der Waals surface area contributed by atoms with E-state index in [9.17, 15) is 0 Å². The fourth-order valence-corrected chi connectivity index (χ4v) is 2.78. The van der Waals surface area contributed by atoms with Crippen LogP contribution in [0, 0.1) is 0 Å². The predicted octanol–water partition coefficient (Wildman–Crippen LogP) is 6.06. The van der Waals surface area contributed by atoms with E-state index in [0.717, 1.165) is 5.33 Å². The van der Waals surface area contributed by atoms with Crippen LogP contribution in [0.25, 0.3) is 0 Å². The van der Waals surface area contributed by atoms with Gasteiger partial charge in [0.05, 0.1) is 0 Å². The summed E-state index contributed by atoms with van der Waals surface area (Å²) in [6.45, 7) is 4.73. The first-order valence-electron chi connectivity index (χ1n) is 8.68. The fourth-order valence-electron chi connectivity index (χ4n) is 2.38. The molecule has 2 heteroatoms. The lowest BCUT2D eigenvalue weighted by Gasteiger charge is -2.04. The van der Waals surface area contributed by atoms with Gasteiger partial charge in [0.15, 0.2) is 0 Å². The molecular formula is C17H36BrN. The number of unbranched alkanes of at least 4 members (excludes halogenated alkanes) is 11. The summed E-state index contributed by atoms with van der Waals surface area (Å²) in [5.74, 6) is 0. The zero-order valence-corrected chi connectivity index (χ0v) is 14.8. The molecular weight excluding hydrogens is 298 g/mol. The van der Waals surface area contributed by atoms with Gasteiger partial charge in [-0.25, -0.2) is 0 Å². The lowest BCUT2D eigenvalue weighted by molar-refractivity contribution is 0.538. The van der Waals surface area contributed by atoms with Gasteiger partial charge in [0.2, 0.25) is 0 Å². The molecule has 0 rings (SSSR count). The van der Waals surface area contributed by atoms with Crippen LogP contribution in [0.5, 0.6) is 0 Å².